The first-order valence-electron chi connectivity index (χ1n) is 10.4. The maximum absolute atomic E-state index is 13.0. The van der Waals surface area contributed by atoms with E-state index in [4.69, 9.17) is 0 Å². The van der Waals surface area contributed by atoms with Crippen molar-refractivity contribution in [1.82, 2.24) is 5.32 Å². The third kappa shape index (κ3) is 5.57. The van der Waals surface area contributed by atoms with Gasteiger partial charge in [0.05, 0.1) is 11.3 Å². The molecule has 4 heteroatoms. The average Bonchev–Trinajstić information content (AvgIpc) is 2.79. The van der Waals surface area contributed by atoms with E-state index in [-0.39, 0.29) is 30.2 Å². The number of carbonyl (C=O) groups is 2. The van der Waals surface area contributed by atoms with E-state index in [0.29, 0.717) is 11.3 Å². The van der Waals surface area contributed by atoms with Crippen molar-refractivity contribution in [3.8, 4) is 0 Å². The molecule has 0 fully saturated rings. The molecule has 4 nitrogen and oxygen atoms in total. The Kier molecular flexibility index (Phi) is 7.39. The largest absolute Gasteiger partial charge is 0.350 e. The van der Waals surface area contributed by atoms with E-state index in [2.05, 4.69) is 10.6 Å². The van der Waals surface area contributed by atoms with Gasteiger partial charge in [-0.3, -0.25) is 9.59 Å². The molecule has 2 amide bonds. The van der Waals surface area contributed by atoms with Gasteiger partial charge in [0, 0.05) is 18.4 Å². The van der Waals surface area contributed by atoms with Crippen molar-refractivity contribution in [1.29, 1.82) is 0 Å². The molecule has 0 unspecified atom stereocenters. The van der Waals surface area contributed by atoms with Crippen LogP contribution in [0.4, 0.5) is 5.69 Å². The molecular formula is C26H28N2O2. The van der Waals surface area contributed by atoms with Crippen LogP contribution >= 0.6 is 0 Å². The number of benzene rings is 3. The molecule has 3 aromatic rings. The van der Waals surface area contributed by atoms with Gasteiger partial charge in [-0.25, -0.2) is 0 Å². The standard InChI is InChI=1S/C26H28N2O2/c1-3-19(2)27-26(30)22-16-10-11-17-24(22)28-25(29)18-23(20-12-6-4-7-13-20)21-14-8-5-9-15-21/h4-17,19,23H,3,18H2,1-2H3,(H,27,30)(H,28,29)/t19-/m1/s1. The minimum atomic E-state index is -0.178. The van der Waals surface area contributed by atoms with Crippen LogP contribution in [0.15, 0.2) is 84.9 Å². The molecular weight excluding hydrogens is 372 g/mol. The predicted octanol–water partition coefficient (Wildman–Crippen LogP) is 5.38. The van der Waals surface area contributed by atoms with Gasteiger partial charge in [0.1, 0.15) is 0 Å². The zero-order valence-corrected chi connectivity index (χ0v) is 17.5. The molecule has 2 N–H and O–H groups in total. The van der Waals surface area contributed by atoms with E-state index in [1.54, 1.807) is 18.2 Å². The molecule has 0 spiro atoms. The topological polar surface area (TPSA) is 58.2 Å². The summed E-state index contributed by atoms with van der Waals surface area (Å²) in [5.74, 6) is -0.368. The lowest BCUT2D eigenvalue weighted by Crippen LogP contribution is -2.32. The van der Waals surface area contributed by atoms with Crippen molar-refractivity contribution < 1.29 is 9.59 Å². The summed E-state index contributed by atoms with van der Waals surface area (Å²) in [6, 6.07) is 27.2. The monoisotopic (exact) mass is 400 g/mol. The van der Waals surface area contributed by atoms with Gasteiger partial charge in [0.25, 0.3) is 5.91 Å². The lowest BCUT2D eigenvalue weighted by atomic mass is 9.88. The normalized spacial score (nSPS) is 11.7. The van der Waals surface area contributed by atoms with Crippen LogP contribution in [0.5, 0.6) is 0 Å². The maximum Gasteiger partial charge on any atom is 0.253 e. The number of anilines is 1. The Morgan fingerprint density at radius 3 is 1.90 bits per heavy atom. The minimum absolute atomic E-state index is 0.0616. The van der Waals surface area contributed by atoms with E-state index in [1.165, 1.54) is 0 Å². The van der Waals surface area contributed by atoms with Gasteiger partial charge in [-0.15, -0.1) is 0 Å². The highest BCUT2D eigenvalue weighted by Gasteiger charge is 2.20. The first-order valence-corrected chi connectivity index (χ1v) is 10.4. The van der Waals surface area contributed by atoms with Gasteiger partial charge in [0.2, 0.25) is 5.91 Å². The van der Waals surface area contributed by atoms with Gasteiger partial charge in [0.15, 0.2) is 0 Å². The fourth-order valence-corrected chi connectivity index (χ4v) is 3.38. The minimum Gasteiger partial charge on any atom is -0.350 e. The molecule has 0 aliphatic carbocycles. The van der Waals surface area contributed by atoms with Crippen molar-refractivity contribution in [2.24, 2.45) is 0 Å². The molecule has 0 saturated heterocycles. The Morgan fingerprint density at radius 2 is 1.33 bits per heavy atom. The van der Waals surface area contributed by atoms with Crippen LogP contribution in [0, 0.1) is 0 Å². The molecule has 0 aliphatic heterocycles. The van der Waals surface area contributed by atoms with Crippen molar-refractivity contribution >= 4 is 17.5 Å². The van der Waals surface area contributed by atoms with Gasteiger partial charge < -0.3 is 10.6 Å². The third-order valence-electron chi connectivity index (χ3n) is 5.23. The molecule has 154 valence electrons. The fraction of sp³-hybridized carbons (Fsp3) is 0.231. The van der Waals surface area contributed by atoms with Gasteiger partial charge in [-0.2, -0.15) is 0 Å². The molecule has 0 aromatic heterocycles. The zero-order chi connectivity index (χ0) is 21.3. The summed E-state index contributed by atoms with van der Waals surface area (Å²) in [5.41, 5.74) is 3.17. The smallest absolute Gasteiger partial charge is 0.253 e. The maximum atomic E-state index is 13.0. The summed E-state index contributed by atoms with van der Waals surface area (Å²) >= 11 is 0. The van der Waals surface area contributed by atoms with Crippen molar-refractivity contribution in [2.45, 2.75) is 38.6 Å². The Balaban J connectivity index is 1.79. The first kappa shape index (κ1) is 21.3. The predicted molar refractivity (Wildman–Crippen MR) is 122 cm³/mol. The first-order chi connectivity index (χ1) is 14.6. The van der Waals surface area contributed by atoms with Crippen LogP contribution in [0.3, 0.4) is 0 Å². The average molecular weight is 401 g/mol. The van der Waals surface area contributed by atoms with Crippen molar-refractivity contribution in [3.05, 3.63) is 102 Å². The lowest BCUT2D eigenvalue weighted by molar-refractivity contribution is -0.116. The second-order valence-corrected chi connectivity index (χ2v) is 7.45. The van der Waals surface area contributed by atoms with Crippen LogP contribution < -0.4 is 10.6 Å². The highest BCUT2D eigenvalue weighted by Crippen LogP contribution is 2.28. The molecule has 3 rings (SSSR count). The molecule has 3 aromatic carbocycles. The van der Waals surface area contributed by atoms with E-state index in [1.807, 2.05) is 80.6 Å². The summed E-state index contributed by atoms with van der Waals surface area (Å²) in [6.45, 7) is 3.98. The number of nitrogens with one attached hydrogen (secondary N) is 2. The van der Waals surface area contributed by atoms with Gasteiger partial charge in [-0.05, 0) is 36.6 Å². The highest BCUT2D eigenvalue weighted by molar-refractivity contribution is 6.04. The molecule has 0 saturated carbocycles. The Hall–Kier alpha value is -3.40. The SMILES string of the molecule is CC[C@@H](C)NC(=O)c1ccccc1NC(=O)CC(c1ccccc1)c1ccccc1. The van der Waals surface area contributed by atoms with Crippen LogP contribution in [0.2, 0.25) is 0 Å². The number of hydrogen-bond donors (Lipinski definition) is 2. The fourth-order valence-electron chi connectivity index (χ4n) is 3.38. The van der Waals surface area contributed by atoms with Crippen LogP contribution in [0.25, 0.3) is 0 Å². The summed E-state index contributed by atoms with van der Waals surface area (Å²) in [6.07, 6.45) is 1.13. The van der Waals surface area contributed by atoms with Gasteiger partial charge in [-0.1, -0.05) is 79.7 Å². The van der Waals surface area contributed by atoms with Crippen molar-refractivity contribution in [3.63, 3.8) is 0 Å². The molecule has 30 heavy (non-hydrogen) atoms. The number of hydrogen-bond acceptors (Lipinski definition) is 2. The van der Waals surface area contributed by atoms with E-state index in [9.17, 15) is 9.59 Å². The summed E-state index contributed by atoms with van der Waals surface area (Å²) < 4.78 is 0. The third-order valence-corrected chi connectivity index (χ3v) is 5.23. The van der Waals surface area contributed by atoms with Crippen molar-refractivity contribution in [2.75, 3.05) is 5.32 Å². The molecule has 1 atom stereocenters. The molecule has 0 radical (unpaired) electrons. The quantitative estimate of drug-likeness (QED) is 0.534. The zero-order valence-electron chi connectivity index (χ0n) is 17.5. The van der Waals surface area contributed by atoms with Crippen LogP contribution in [-0.2, 0) is 4.79 Å². The lowest BCUT2D eigenvalue weighted by Gasteiger charge is -2.19. The second-order valence-electron chi connectivity index (χ2n) is 7.45. The Labute approximate surface area is 178 Å². The number of carbonyl (C=O) groups excluding carboxylic acids is 2. The van der Waals surface area contributed by atoms with E-state index in [0.717, 1.165) is 17.5 Å². The number of para-hydroxylation sites is 1. The van der Waals surface area contributed by atoms with E-state index >= 15 is 0 Å². The highest BCUT2D eigenvalue weighted by atomic mass is 16.2. The van der Waals surface area contributed by atoms with Gasteiger partial charge >= 0.3 is 0 Å². The Bertz CT molecular complexity index is 931. The number of amides is 2. The summed E-state index contributed by atoms with van der Waals surface area (Å²) in [4.78, 5) is 25.6. The van der Waals surface area contributed by atoms with E-state index < -0.39 is 0 Å². The summed E-state index contributed by atoms with van der Waals surface area (Å²) in [7, 11) is 0. The molecule has 0 aliphatic rings. The van der Waals surface area contributed by atoms with Crippen LogP contribution in [-0.4, -0.2) is 17.9 Å². The molecule has 0 heterocycles. The number of rotatable bonds is 8. The summed E-state index contributed by atoms with van der Waals surface area (Å²) in [5, 5.41) is 5.91. The second kappa shape index (κ2) is 10.4. The molecule has 0 bridgehead atoms. The Morgan fingerprint density at radius 1 is 0.800 bits per heavy atom. The van der Waals surface area contributed by atoms with Crippen LogP contribution in [0.1, 0.15) is 54.1 Å².